The summed E-state index contributed by atoms with van der Waals surface area (Å²) < 4.78 is 0. The molecule has 0 fully saturated rings. The molecule has 1 rings (SSSR count). The van der Waals surface area contributed by atoms with Gasteiger partial charge in [0.05, 0.1) is 16.6 Å². The molecule has 7 heteroatoms. The number of amides is 3. The molecule has 0 aliphatic rings. The first-order valence-corrected chi connectivity index (χ1v) is 6.90. The number of rotatable bonds is 5. The van der Waals surface area contributed by atoms with E-state index in [9.17, 15) is 9.59 Å². The molecule has 0 unspecified atom stereocenters. The molecule has 0 aromatic heterocycles. The maximum atomic E-state index is 11.5. The van der Waals surface area contributed by atoms with E-state index in [-0.39, 0.29) is 6.54 Å². The Kier molecular flexibility index (Phi) is 6.61. The lowest BCUT2D eigenvalue weighted by atomic mass is 10.2. The maximum absolute atomic E-state index is 11.5. The van der Waals surface area contributed by atoms with Crippen LogP contribution in [0.4, 0.5) is 10.5 Å². The highest BCUT2D eigenvalue weighted by Crippen LogP contribution is 2.24. The van der Waals surface area contributed by atoms with E-state index < -0.39 is 11.9 Å². The van der Waals surface area contributed by atoms with E-state index in [1.165, 1.54) is 0 Å². The van der Waals surface area contributed by atoms with Crippen LogP contribution in [-0.4, -0.2) is 25.0 Å². The highest BCUT2D eigenvalue weighted by Gasteiger charge is 2.08. The number of carbonyl (C=O) groups is 2. The lowest BCUT2D eigenvalue weighted by Crippen LogP contribution is -2.43. The van der Waals surface area contributed by atoms with Gasteiger partial charge >= 0.3 is 6.03 Å². The summed E-state index contributed by atoms with van der Waals surface area (Å²) in [4.78, 5) is 22.9. The number of carbonyl (C=O) groups excluding carboxylic acids is 2. The van der Waals surface area contributed by atoms with Crippen LogP contribution in [0.25, 0.3) is 0 Å². The molecule has 0 aliphatic carbocycles. The predicted molar refractivity (Wildman–Crippen MR) is 81.3 cm³/mol. The van der Waals surface area contributed by atoms with Crippen LogP contribution in [0.1, 0.15) is 13.8 Å². The molecule has 3 N–H and O–H groups in total. The van der Waals surface area contributed by atoms with E-state index in [4.69, 9.17) is 23.2 Å². The topological polar surface area (TPSA) is 70.2 Å². The Morgan fingerprint density at radius 3 is 2.50 bits per heavy atom. The molecule has 0 aliphatic heterocycles. The minimum absolute atomic E-state index is 0.0347. The Morgan fingerprint density at radius 2 is 1.90 bits per heavy atom. The van der Waals surface area contributed by atoms with Crippen LogP contribution < -0.4 is 16.0 Å². The van der Waals surface area contributed by atoms with Gasteiger partial charge in [-0.1, -0.05) is 37.0 Å². The van der Waals surface area contributed by atoms with Crippen molar-refractivity contribution in [1.82, 2.24) is 10.6 Å². The van der Waals surface area contributed by atoms with Crippen LogP contribution in [0.15, 0.2) is 18.2 Å². The summed E-state index contributed by atoms with van der Waals surface area (Å²) in [5, 5.41) is 8.49. The van der Waals surface area contributed by atoms with Crippen LogP contribution in [0.2, 0.25) is 10.0 Å². The van der Waals surface area contributed by atoms with Crippen molar-refractivity contribution in [2.75, 3.05) is 18.4 Å². The third-order valence-electron chi connectivity index (χ3n) is 2.30. The lowest BCUT2D eigenvalue weighted by molar-refractivity contribution is -0.118. The molecule has 0 bridgehead atoms. The van der Waals surface area contributed by atoms with Gasteiger partial charge in [-0.25, -0.2) is 4.79 Å². The van der Waals surface area contributed by atoms with Crippen LogP contribution in [0.5, 0.6) is 0 Å². The SMILES string of the molecule is CC(C)CNC(=O)NC(=O)CNc1ccc(Cl)c(Cl)c1. The van der Waals surface area contributed by atoms with E-state index >= 15 is 0 Å². The zero-order chi connectivity index (χ0) is 15.1. The first-order valence-electron chi connectivity index (χ1n) is 6.15. The van der Waals surface area contributed by atoms with E-state index in [0.717, 1.165) is 0 Å². The van der Waals surface area contributed by atoms with Gasteiger partial charge in [-0.15, -0.1) is 0 Å². The zero-order valence-electron chi connectivity index (χ0n) is 11.3. The molecule has 1 aromatic carbocycles. The first-order chi connectivity index (χ1) is 9.38. The largest absolute Gasteiger partial charge is 0.376 e. The summed E-state index contributed by atoms with van der Waals surface area (Å²) in [5.74, 6) is -0.109. The normalized spacial score (nSPS) is 10.2. The molecule has 20 heavy (non-hydrogen) atoms. The fraction of sp³-hybridized carbons (Fsp3) is 0.385. The van der Waals surface area contributed by atoms with E-state index in [1.807, 2.05) is 13.8 Å². The molecule has 0 radical (unpaired) electrons. The fourth-order valence-electron chi connectivity index (χ4n) is 1.30. The van der Waals surface area contributed by atoms with Crippen molar-refractivity contribution in [3.05, 3.63) is 28.2 Å². The molecule has 0 heterocycles. The highest BCUT2D eigenvalue weighted by atomic mass is 35.5. The van der Waals surface area contributed by atoms with Crippen molar-refractivity contribution in [3.8, 4) is 0 Å². The highest BCUT2D eigenvalue weighted by molar-refractivity contribution is 6.42. The number of halogens is 2. The van der Waals surface area contributed by atoms with Crippen molar-refractivity contribution in [2.24, 2.45) is 5.92 Å². The molecule has 1 aromatic rings. The molecule has 0 spiro atoms. The predicted octanol–water partition coefficient (Wildman–Crippen LogP) is 2.89. The Hall–Kier alpha value is -1.46. The quantitative estimate of drug-likeness (QED) is 0.782. The molecule has 110 valence electrons. The second-order valence-electron chi connectivity index (χ2n) is 4.63. The molecule has 0 saturated carbocycles. The van der Waals surface area contributed by atoms with Gasteiger partial charge in [0, 0.05) is 12.2 Å². The van der Waals surface area contributed by atoms with Crippen LogP contribution in [-0.2, 0) is 4.79 Å². The number of hydrogen-bond acceptors (Lipinski definition) is 3. The van der Waals surface area contributed by atoms with Gasteiger partial charge < -0.3 is 10.6 Å². The minimum atomic E-state index is -0.500. The average molecular weight is 318 g/mol. The second kappa shape index (κ2) is 7.97. The number of nitrogens with one attached hydrogen (secondary N) is 3. The van der Waals surface area contributed by atoms with E-state index in [2.05, 4.69) is 16.0 Å². The second-order valence-corrected chi connectivity index (χ2v) is 5.45. The third kappa shape index (κ3) is 6.12. The van der Waals surface area contributed by atoms with Crippen molar-refractivity contribution in [3.63, 3.8) is 0 Å². The van der Waals surface area contributed by atoms with Crippen LogP contribution in [0, 0.1) is 5.92 Å². The molecular formula is C13H17Cl2N3O2. The van der Waals surface area contributed by atoms with Gasteiger partial charge in [0.1, 0.15) is 0 Å². The van der Waals surface area contributed by atoms with Crippen molar-refractivity contribution in [2.45, 2.75) is 13.8 Å². The number of benzene rings is 1. The third-order valence-corrected chi connectivity index (χ3v) is 3.04. The number of imide groups is 1. The molecular weight excluding hydrogens is 301 g/mol. The summed E-state index contributed by atoms with van der Waals surface area (Å²) >= 11 is 11.6. The van der Waals surface area contributed by atoms with Gasteiger partial charge in [-0.2, -0.15) is 0 Å². The van der Waals surface area contributed by atoms with Crippen LogP contribution >= 0.6 is 23.2 Å². The summed E-state index contributed by atoms with van der Waals surface area (Å²) in [6.07, 6.45) is 0. The Labute approximate surface area is 128 Å². The van der Waals surface area contributed by atoms with E-state index in [1.54, 1.807) is 18.2 Å². The zero-order valence-corrected chi connectivity index (χ0v) is 12.8. The Balaban J connectivity index is 2.35. The van der Waals surface area contributed by atoms with Crippen LogP contribution in [0.3, 0.4) is 0 Å². The number of hydrogen-bond donors (Lipinski definition) is 3. The first kappa shape index (κ1) is 16.6. The summed E-state index contributed by atoms with van der Waals surface area (Å²) in [5.41, 5.74) is 0.650. The smallest absolute Gasteiger partial charge is 0.321 e. The van der Waals surface area contributed by atoms with Gasteiger partial charge in [0.25, 0.3) is 0 Å². The molecule has 0 saturated heterocycles. The summed E-state index contributed by atoms with van der Waals surface area (Å²) in [6.45, 7) is 4.41. The lowest BCUT2D eigenvalue weighted by Gasteiger charge is -2.10. The molecule has 0 atom stereocenters. The average Bonchev–Trinajstić information content (AvgIpc) is 2.38. The van der Waals surface area contributed by atoms with Gasteiger partial charge in [-0.3, -0.25) is 10.1 Å². The fourth-order valence-corrected chi connectivity index (χ4v) is 1.60. The maximum Gasteiger partial charge on any atom is 0.321 e. The van der Waals surface area contributed by atoms with Crippen molar-refractivity contribution >= 4 is 40.8 Å². The van der Waals surface area contributed by atoms with Crippen molar-refractivity contribution < 1.29 is 9.59 Å². The Bertz CT molecular complexity index is 493. The number of anilines is 1. The summed E-state index contributed by atoms with van der Waals surface area (Å²) in [7, 11) is 0. The molecule has 3 amide bonds. The minimum Gasteiger partial charge on any atom is -0.376 e. The standard InChI is InChI=1S/C13H17Cl2N3O2/c1-8(2)6-17-13(20)18-12(19)7-16-9-3-4-10(14)11(15)5-9/h3-5,8,16H,6-7H2,1-2H3,(H2,17,18,19,20). The van der Waals surface area contributed by atoms with Crippen molar-refractivity contribution in [1.29, 1.82) is 0 Å². The van der Waals surface area contributed by atoms with Gasteiger partial charge in [-0.05, 0) is 24.1 Å². The van der Waals surface area contributed by atoms with Gasteiger partial charge in [0.2, 0.25) is 5.91 Å². The molecule has 5 nitrogen and oxygen atoms in total. The monoisotopic (exact) mass is 317 g/mol. The Morgan fingerprint density at radius 1 is 1.20 bits per heavy atom. The van der Waals surface area contributed by atoms with E-state index in [0.29, 0.717) is 28.2 Å². The summed E-state index contributed by atoms with van der Waals surface area (Å²) in [6, 6.07) is 4.43. The van der Waals surface area contributed by atoms with Gasteiger partial charge in [0.15, 0.2) is 0 Å². The number of urea groups is 1.